The fraction of sp³-hybridized carbons (Fsp3) is 0.412. The summed E-state index contributed by atoms with van der Waals surface area (Å²) >= 11 is 3.51. The van der Waals surface area contributed by atoms with Gasteiger partial charge in [0.2, 0.25) is 0 Å². The fourth-order valence-electron chi connectivity index (χ4n) is 2.25. The summed E-state index contributed by atoms with van der Waals surface area (Å²) in [5.74, 6) is 0. The molecular weight excluding hydrogens is 328 g/mol. The molecule has 0 aliphatic heterocycles. The molecule has 0 heterocycles. The zero-order valence-corrected chi connectivity index (χ0v) is 14.1. The van der Waals surface area contributed by atoms with E-state index in [9.17, 15) is 0 Å². The Kier molecular flexibility index (Phi) is 7.16. The molecule has 2 rings (SSSR count). The van der Waals surface area contributed by atoms with Gasteiger partial charge in [-0.3, -0.25) is 0 Å². The van der Waals surface area contributed by atoms with Gasteiger partial charge in [-0.2, -0.15) is 0 Å². The maximum Gasteiger partial charge on any atom is 0.0587 e. The maximum atomic E-state index is 4.99. The molecule has 0 unspecified atom stereocenters. The summed E-state index contributed by atoms with van der Waals surface area (Å²) in [7, 11) is 1.73. The van der Waals surface area contributed by atoms with Crippen molar-refractivity contribution in [3.05, 3.63) is 46.4 Å². The first-order chi connectivity index (χ1) is 10.3. The fourth-order valence-corrected chi connectivity index (χ4v) is 2.63. The van der Waals surface area contributed by atoms with Crippen LogP contribution in [-0.2, 0) is 11.3 Å². The molecule has 0 aliphatic rings. The second kappa shape index (κ2) is 9.15. The van der Waals surface area contributed by atoms with Gasteiger partial charge in [0, 0.05) is 24.7 Å². The van der Waals surface area contributed by atoms with Crippen LogP contribution in [0.25, 0.3) is 10.8 Å². The van der Waals surface area contributed by atoms with E-state index >= 15 is 0 Å². The highest BCUT2D eigenvalue weighted by atomic mass is 79.9. The van der Waals surface area contributed by atoms with E-state index in [4.69, 9.17) is 4.74 Å². The second-order valence-electron chi connectivity index (χ2n) is 5.10. The summed E-state index contributed by atoms with van der Waals surface area (Å²) < 4.78 is 6.12. The topological polar surface area (TPSA) is 33.3 Å². The Balaban J connectivity index is 1.70. The number of hydrogen-bond acceptors (Lipinski definition) is 3. The summed E-state index contributed by atoms with van der Waals surface area (Å²) in [4.78, 5) is 0. The summed E-state index contributed by atoms with van der Waals surface area (Å²) in [5.41, 5.74) is 1.33. The smallest absolute Gasteiger partial charge is 0.0587 e. The van der Waals surface area contributed by atoms with Crippen LogP contribution in [0.15, 0.2) is 40.9 Å². The van der Waals surface area contributed by atoms with E-state index < -0.39 is 0 Å². The molecule has 2 N–H and O–H groups in total. The zero-order chi connectivity index (χ0) is 14.9. The van der Waals surface area contributed by atoms with Crippen LogP contribution in [0, 0.1) is 0 Å². The average Bonchev–Trinajstić information content (AvgIpc) is 2.50. The molecule has 0 radical (unpaired) electrons. The highest BCUT2D eigenvalue weighted by Gasteiger charge is 1.98. The molecule has 2 aromatic carbocycles. The SMILES string of the molecule is COCCNCCCNCc1ccc2cc(Br)ccc2c1. The number of benzene rings is 2. The molecule has 0 saturated carbocycles. The number of rotatable bonds is 9. The predicted molar refractivity (Wildman–Crippen MR) is 92.7 cm³/mol. The van der Waals surface area contributed by atoms with Crippen LogP contribution < -0.4 is 10.6 Å². The third-order valence-electron chi connectivity index (χ3n) is 3.39. The number of nitrogens with one attached hydrogen (secondary N) is 2. The lowest BCUT2D eigenvalue weighted by atomic mass is 10.1. The monoisotopic (exact) mass is 350 g/mol. The van der Waals surface area contributed by atoms with E-state index in [1.807, 2.05) is 0 Å². The first-order valence-electron chi connectivity index (χ1n) is 7.38. The van der Waals surface area contributed by atoms with E-state index in [0.717, 1.165) is 43.7 Å². The number of hydrogen-bond donors (Lipinski definition) is 2. The minimum absolute atomic E-state index is 0.778. The molecule has 114 valence electrons. The van der Waals surface area contributed by atoms with Gasteiger partial charge >= 0.3 is 0 Å². The maximum absolute atomic E-state index is 4.99. The highest BCUT2D eigenvalue weighted by Crippen LogP contribution is 2.20. The molecule has 0 atom stereocenters. The standard InChI is InChI=1S/C17H23BrN2O/c1-21-10-9-19-7-2-8-20-13-14-3-4-16-12-17(18)6-5-15(16)11-14/h3-6,11-12,19-20H,2,7-10,13H2,1H3. The minimum atomic E-state index is 0.778. The van der Waals surface area contributed by atoms with Crippen molar-refractivity contribution in [1.82, 2.24) is 10.6 Å². The van der Waals surface area contributed by atoms with Crippen molar-refractivity contribution in [1.29, 1.82) is 0 Å². The molecule has 0 aliphatic carbocycles. The molecule has 0 saturated heterocycles. The molecule has 21 heavy (non-hydrogen) atoms. The first-order valence-corrected chi connectivity index (χ1v) is 8.17. The molecular formula is C17H23BrN2O. The lowest BCUT2D eigenvalue weighted by molar-refractivity contribution is 0.199. The van der Waals surface area contributed by atoms with Gasteiger partial charge in [-0.25, -0.2) is 0 Å². The van der Waals surface area contributed by atoms with E-state index in [1.165, 1.54) is 16.3 Å². The Morgan fingerprint density at radius 2 is 1.71 bits per heavy atom. The third kappa shape index (κ3) is 5.75. The Morgan fingerprint density at radius 3 is 2.57 bits per heavy atom. The van der Waals surface area contributed by atoms with Crippen molar-refractivity contribution in [3.63, 3.8) is 0 Å². The minimum Gasteiger partial charge on any atom is -0.383 e. The largest absolute Gasteiger partial charge is 0.383 e. The van der Waals surface area contributed by atoms with Crippen LogP contribution in [0.3, 0.4) is 0 Å². The molecule has 0 aromatic heterocycles. The lowest BCUT2D eigenvalue weighted by Crippen LogP contribution is -2.24. The van der Waals surface area contributed by atoms with Gasteiger partial charge in [0.1, 0.15) is 0 Å². The lowest BCUT2D eigenvalue weighted by Gasteiger charge is -2.07. The van der Waals surface area contributed by atoms with E-state index in [1.54, 1.807) is 7.11 Å². The Hall–Kier alpha value is -0.940. The van der Waals surface area contributed by atoms with E-state index in [2.05, 4.69) is 63.0 Å². The summed E-state index contributed by atoms with van der Waals surface area (Å²) in [6.45, 7) is 4.68. The Morgan fingerprint density at radius 1 is 0.952 bits per heavy atom. The van der Waals surface area contributed by atoms with Crippen molar-refractivity contribution in [2.24, 2.45) is 0 Å². The quantitative estimate of drug-likeness (QED) is 0.680. The Labute approximate surface area is 135 Å². The number of ether oxygens (including phenoxy) is 1. The molecule has 2 aromatic rings. The van der Waals surface area contributed by atoms with Crippen LogP contribution in [0.2, 0.25) is 0 Å². The van der Waals surface area contributed by atoms with Crippen LogP contribution in [-0.4, -0.2) is 33.4 Å². The molecule has 3 nitrogen and oxygen atoms in total. The predicted octanol–water partition coefficient (Wildman–Crippen LogP) is 3.32. The second-order valence-corrected chi connectivity index (χ2v) is 6.01. The Bertz CT molecular complexity index is 559. The zero-order valence-electron chi connectivity index (χ0n) is 12.5. The van der Waals surface area contributed by atoms with Gasteiger partial charge in [0.15, 0.2) is 0 Å². The van der Waals surface area contributed by atoms with Crippen LogP contribution in [0.4, 0.5) is 0 Å². The molecule has 4 heteroatoms. The van der Waals surface area contributed by atoms with Gasteiger partial charge in [-0.05, 0) is 54.0 Å². The van der Waals surface area contributed by atoms with Gasteiger partial charge < -0.3 is 15.4 Å². The van der Waals surface area contributed by atoms with E-state index in [-0.39, 0.29) is 0 Å². The molecule has 0 amide bonds. The van der Waals surface area contributed by atoms with Gasteiger partial charge in [0.05, 0.1) is 6.61 Å². The number of methoxy groups -OCH3 is 1. The van der Waals surface area contributed by atoms with Gasteiger partial charge in [-0.15, -0.1) is 0 Å². The van der Waals surface area contributed by atoms with Crippen molar-refractivity contribution < 1.29 is 4.74 Å². The van der Waals surface area contributed by atoms with Crippen molar-refractivity contribution >= 4 is 26.7 Å². The average molecular weight is 351 g/mol. The van der Waals surface area contributed by atoms with Crippen molar-refractivity contribution in [2.45, 2.75) is 13.0 Å². The van der Waals surface area contributed by atoms with Crippen LogP contribution >= 0.6 is 15.9 Å². The first kappa shape index (κ1) is 16.4. The van der Waals surface area contributed by atoms with Crippen molar-refractivity contribution in [2.75, 3.05) is 33.4 Å². The van der Waals surface area contributed by atoms with E-state index in [0.29, 0.717) is 0 Å². The van der Waals surface area contributed by atoms with Gasteiger partial charge in [0.25, 0.3) is 0 Å². The third-order valence-corrected chi connectivity index (χ3v) is 3.88. The van der Waals surface area contributed by atoms with Crippen molar-refractivity contribution in [3.8, 4) is 0 Å². The highest BCUT2D eigenvalue weighted by molar-refractivity contribution is 9.10. The summed E-state index contributed by atoms with van der Waals surface area (Å²) in [6.07, 6.45) is 1.13. The summed E-state index contributed by atoms with van der Waals surface area (Å²) in [5, 5.41) is 9.40. The number of halogens is 1. The number of fused-ring (bicyclic) bond motifs is 1. The van der Waals surface area contributed by atoms with Gasteiger partial charge in [-0.1, -0.05) is 34.1 Å². The van der Waals surface area contributed by atoms with Crippen LogP contribution in [0.1, 0.15) is 12.0 Å². The van der Waals surface area contributed by atoms with Crippen LogP contribution in [0.5, 0.6) is 0 Å². The molecule has 0 bridgehead atoms. The molecule has 0 spiro atoms. The summed E-state index contributed by atoms with van der Waals surface area (Å²) in [6, 6.07) is 13.0. The normalized spacial score (nSPS) is 11.1. The molecule has 0 fully saturated rings.